The molecule has 0 unspecified atom stereocenters. The van der Waals surface area contributed by atoms with Gasteiger partial charge in [-0.25, -0.2) is 0 Å². The summed E-state index contributed by atoms with van der Waals surface area (Å²) in [6, 6.07) is 0. The van der Waals surface area contributed by atoms with Gasteiger partial charge in [0.2, 0.25) is 0 Å². The summed E-state index contributed by atoms with van der Waals surface area (Å²) in [4.78, 5) is 0. The van der Waals surface area contributed by atoms with E-state index in [0.29, 0.717) is 0 Å². The zero-order valence-corrected chi connectivity index (χ0v) is 4.01. The second-order valence-electron chi connectivity index (χ2n) is 0. The average Bonchev–Trinajstić information content (AvgIpc) is 1.00. The zero-order valence-electron chi connectivity index (χ0n) is 2.71. The fourth-order valence-electron chi connectivity index (χ4n) is 0. The molecule has 4 heavy (non-hydrogen) atoms. The molecule has 4 heteroatoms. The van der Waals surface area contributed by atoms with Gasteiger partial charge in [0.05, 0.1) is 0 Å². The molecule has 27 valence electrons. The third-order valence-electron chi connectivity index (χ3n) is 0. The summed E-state index contributed by atoms with van der Waals surface area (Å²) < 4.78 is 0. The van der Waals surface area contributed by atoms with E-state index < -0.39 is 0 Å². The molecule has 0 aliphatic heterocycles. The van der Waals surface area contributed by atoms with E-state index in [1.807, 2.05) is 0 Å². The van der Waals surface area contributed by atoms with E-state index >= 15 is 0 Å². The molecule has 0 heterocycles. The van der Waals surface area contributed by atoms with Crippen LogP contribution in [0.1, 0.15) is 1.43 Å². The van der Waals surface area contributed by atoms with Crippen LogP contribution >= 0.6 is 9.58 Å². The molecular formula is H5AgGeLiS. The molecule has 0 N–H and O–H groups in total. The maximum atomic E-state index is 3.89. The van der Waals surface area contributed by atoms with Gasteiger partial charge < -0.3 is 1.43 Å². The Hall–Kier alpha value is 2.10. The van der Waals surface area contributed by atoms with Gasteiger partial charge in [0, 0.05) is 0 Å². The van der Waals surface area contributed by atoms with E-state index in [9.17, 15) is 0 Å². The Morgan fingerprint density at radius 1 is 1.50 bits per heavy atom. The summed E-state index contributed by atoms with van der Waals surface area (Å²) in [5, 5.41) is 0. The molecule has 0 saturated carbocycles. The molecule has 0 aliphatic carbocycles. The molecule has 0 bridgehead atoms. The molecule has 0 radical (unpaired) electrons. The van der Waals surface area contributed by atoms with E-state index in [2.05, 4.69) is 28.8 Å². The van der Waals surface area contributed by atoms with Crippen LogP contribution in [-0.4, -0.2) is 17.6 Å². The van der Waals surface area contributed by atoms with Gasteiger partial charge in [-0.05, 0) is 0 Å². The quantitative estimate of drug-likeness (QED) is 0.382. The Balaban J connectivity index is -0.00000000167. The van der Waals surface area contributed by atoms with Crippen molar-refractivity contribution in [3.8, 4) is 0 Å². The van der Waals surface area contributed by atoms with Crippen LogP contribution in [0.4, 0.5) is 0 Å². The molecule has 0 aromatic heterocycles. The predicted molar refractivity (Wildman–Crippen MR) is 20.0 cm³/mol. The molecule has 0 atom stereocenters. The first-order chi connectivity index (χ1) is 1.00. The average molecular weight is 225 g/mol. The summed E-state index contributed by atoms with van der Waals surface area (Å²) in [5.41, 5.74) is 0. The van der Waals surface area contributed by atoms with Gasteiger partial charge >= 0.3 is 65.2 Å². The van der Waals surface area contributed by atoms with Gasteiger partial charge in [-0.3, -0.25) is 0 Å². The Bertz CT molecular complexity index is 11.6. The van der Waals surface area contributed by atoms with Crippen molar-refractivity contribution in [1.29, 1.82) is 0 Å². The molecule has 0 fully saturated rings. The standard InChI is InChI=1S/Ag.GeH4.Li.S.H/h;1H4;;;/q;;+1;;-1. The van der Waals surface area contributed by atoms with Crippen molar-refractivity contribution < 1.29 is 39.5 Å². The van der Waals surface area contributed by atoms with Crippen LogP contribution in [0.5, 0.6) is 0 Å². The molecule has 0 aromatic rings. The van der Waals surface area contributed by atoms with E-state index in [0.717, 1.165) is 0 Å². The Kier molecular flexibility index (Phi) is 80.2. The van der Waals surface area contributed by atoms with Crippen LogP contribution in [0.3, 0.4) is 0 Å². The molecule has 0 nitrogen and oxygen atoms in total. The van der Waals surface area contributed by atoms with Gasteiger partial charge in [0.1, 0.15) is 0 Å². The minimum atomic E-state index is 0. The van der Waals surface area contributed by atoms with Crippen LogP contribution in [-0.2, 0) is 19.2 Å². The number of hydrogen-bond donors (Lipinski definition) is 0. The Morgan fingerprint density at radius 3 is 1.50 bits per heavy atom. The summed E-state index contributed by atoms with van der Waals surface area (Å²) in [5.74, 6) is 0. The van der Waals surface area contributed by atoms with Gasteiger partial charge in [-0.2, -0.15) is 0 Å². The first-order valence-corrected chi connectivity index (χ1v) is 2.18. The van der Waals surface area contributed by atoms with Crippen LogP contribution in [0, 0.1) is 0 Å². The van der Waals surface area contributed by atoms with Crippen molar-refractivity contribution in [2.75, 3.05) is 0 Å². The minimum absolute atomic E-state index is 0. The van der Waals surface area contributed by atoms with Gasteiger partial charge in [-0.15, -0.1) is 0 Å². The Labute approximate surface area is 66.0 Å². The monoisotopic (exact) mass is 225 g/mol. The van der Waals surface area contributed by atoms with Crippen LogP contribution in [0.2, 0.25) is 0 Å². The van der Waals surface area contributed by atoms with Crippen molar-refractivity contribution in [2.24, 2.45) is 0 Å². The van der Waals surface area contributed by atoms with Crippen molar-refractivity contribution in [1.82, 2.24) is 0 Å². The normalized spacial score (nSPS) is 1.50. The summed E-state index contributed by atoms with van der Waals surface area (Å²) in [6.45, 7) is 0. The van der Waals surface area contributed by atoms with Gasteiger partial charge in [0.15, 0.2) is 0 Å². The van der Waals surface area contributed by atoms with E-state index in [-0.39, 0.29) is 37.9 Å². The molecule has 0 rings (SSSR count). The zero-order chi connectivity index (χ0) is 2.00. The maximum absolute atomic E-state index is 3.89. The van der Waals surface area contributed by atoms with Crippen molar-refractivity contribution in [3.05, 3.63) is 0 Å². The van der Waals surface area contributed by atoms with E-state index in [4.69, 9.17) is 0 Å². The first-order valence-electron chi connectivity index (χ1n) is 0.123. The SMILES string of the molecule is [GeH4].[H-].[Li+].[S]=[Ag]. The first kappa shape index (κ1) is 16.5. The second kappa shape index (κ2) is 19.4. The topological polar surface area (TPSA) is 0 Å². The third kappa shape index (κ3) is 8.93. The number of hydrogen-bond acceptors (Lipinski definition) is 1. The van der Waals surface area contributed by atoms with Crippen molar-refractivity contribution >= 4 is 27.2 Å². The van der Waals surface area contributed by atoms with E-state index in [1.54, 1.807) is 0 Å². The van der Waals surface area contributed by atoms with Crippen LogP contribution in [0.25, 0.3) is 0 Å². The fourth-order valence-corrected chi connectivity index (χ4v) is 0. The van der Waals surface area contributed by atoms with E-state index in [1.165, 1.54) is 0 Å². The number of rotatable bonds is 0. The van der Waals surface area contributed by atoms with Crippen molar-refractivity contribution in [2.45, 2.75) is 0 Å². The summed E-state index contributed by atoms with van der Waals surface area (Å²) >= 11 is 2.53. The summed E-state index contributed by atoms with van der Waals surface area (Å²) in [7, 11) is 3.89. The Morgan fingerprint density at radius 2 is 1.50 bits per heavy atom. The van der Waals surface area contributed by atoms with Gasteiger partial charge in [-0.1, -0.05) is 0 Å². The van der Waals surface area contributed by atoms with Crippen molar-refractivity contribution in [3.63, 3.8) is 0 Å². The molecule has 0 aliphatic rings. The van der Waals surface area contributed by atoms with Crippen LogP contribution < -0.4 is 18.9 Å². The molecular weight excluding hydrogens is 219 g/mol. The van der Waals surface area contributed by atoms with Gasteiger partial charge in [0.25, 0.3) is 0 Å². The fraction of sp³-hybridized carbons (Fsp3) is 0. The molecule has 0 spiro atoms. The second-order valence-corrected chi connectivity index (χ2v) is 0. The predicted octanol–water partition coefficient (Wildman–Crippen LogP) is -3.69. The summed E-state index contributed by atoms with van der Waals surface area (Å²) in [6.07, 6.45) is 0. The molecule has 0 saturated heterocycles. The van der Waals surface area contributed by atoms with Crippen LogP contribution in [0.15, 0.2) is 0 Å². The molecule has 0 amide bonds. The third-order valence-corrected chi connectivity index (χ3v) is 0. The molecule has 0 aromatic carbocycles.